The van der Waals surface area contributed by atoms with E-state index >= 15 is 0 Å². The Kier molecular flexibility index (Phi) is 2.95. The third kappa shape index (κ3) is 2.14. The van der Waals surface area contributed by atoms with Gasteiger partial charge < -0.3 is 10.0 Å². The van der Waals surface area contributed by atoms with Crippen molar-refractivity contribution < 1.29 is 14.7 Å². The molecular formula is C15H12N2O3. The Morgan fingerprint density at radius 2 is 2.20 bits per heavy atom. The number of carbonyl (C=O) groups is 2. The predicted molar refractivity (Wildman–Crippen MR) is 72.5 cm³/mol. The van der Waals surface area contributed by atoms with Gasteiger partial charge in [0.2, 0.25) is 5.91 Å². The number of fused-ring (bicyclic) bond motifs is 1. The molecule has 0 unspecified atom stereocenters. The zero-order valence-corrected chi connectivity index (χ0v) is 10.6. The van der Waals surface area contributed by atoms with Gasteiger partial charge in [0.15, 0.2) is 0 Å². The third-order valence-electron chi connectivity index (χ3n) is 3.32. The van der Waals surface area contributed by atoms with Crippen molar-refractivity contribution in [1.82, 2.24) is 4.98 Å². The zero-order chi connectivity index (χ0) is 14.1. The third-order valence-corrected chi connectivity index (χ3v) is 3.32. The normalized spacial score (nSPS) is 13.4. The number of nitrogens with zero attached hydrogens (tertiary/aromatic N) is 2. The first-order chi connectivity index (χ1) is 9.65. The summed E-state index contributed by atoms with van der Waals surface area (Å²) in [4.78, 5) is 28.7. The van der Waals surface area contributed by atoms with E-state index in [0.29, 0.717) is 6.54 Å². The summed E-state index contributed by atoms with van der Waals surface area (Å²) in [5.74, 6) is -1.00. The van der Waals surface area contributed by atoms with Crippen molar-refractivity contribution >= 4 is 17.6 Å². The molecule has 1 aromatic carbocycles. The quantitative estimate of drug-likeness (QED) is 0.922. The monoisotopic (exact) mass is 268 g/mol. The van der Waals surface area contributed by atoms with E-state index < -0.39 is 5.97 Å². The number of aromatic nitrogens is 1. The standard InChI is InChI=1S/C15H12N2O3/c18-14-7-12-6-11(15(19)20)3-4-13(12)17(14)9-10-2-1-5-16-8-10/h1-6,8H,7,9H2,(H,19,20). The molecule has 1 aliphatic rings. The van der Waals surface area contributed by atoms with E-state index in [0.717, 1.165) is 16.8 Å². The van der Waals surface area contributed by atoms with Gasteiger partial charge in [-0.1, -0.05) is 6.07 Å². The number of benzene rings is 1. The molecule has 2 heterocycles. The van der Waals surface area contributed by atoms with Gasteiger partial charge in [-0.3, -0.25) is 9.78 Å². The number of amides is 1. The fourth-order valence-electron chi connectivity index (χ4n) is 2.36. The lowest BCUT2D eigenvalue weighted by atomic mass is 10.1. The highest BCUT2D eigenvalue weighted by atomic mass is 16.4. The number of hydrogen-bond donors (Lipinski definition) is 1. The van der Waals surface area contributed by atoms with E-state index in [1.54, 1.807) is 29.4 Å². The van der Waals surface area contributed by atoms with Crippen molar-refractivity contribution in [2.75, 3.05) is 4.90 Å². The van der Waals surface area contributed by atoms with Crippen LogP contribution in [0.3, 0.4) is 0 Å². The second kappa shape index (κ2) is 4.77. The van der Waals surface area contributed by atoms with Gasteiger partial charge in [0.05, 0.1) is 18.5 Å². The lowest BCUT2D eigenvalue weighted by Gasteiger charge is -2.17. The molecule has 0 atom stereocenters. The van der Waals surface area contributed by atoms with E-state index in [4.69, 9.17) is 5.11 Å². The number of pyridine rings is 1. The Morgan fingerprint density at radius 3 is 2.90 bits per heavy atom. The SMILES string of the molecule is O=C(O)c1ccc2c(c1)CC(=O)N2Cc1cccnc1. The number of carboxylic acid groups (broad SMARTS) is 1. The fraction of sp³-hybridized carbons (Fsp3) is 0.133. The molecular weight excluding hydrogens is 256 g/mol. The summed E-state index contributed by atoms with van der Waals surface area (Å²) in [5.41, 5.74) is 2.69. The van der Waals surface area contributed by atoms with E-state index in [9.17, 15) is 9.59 Å². The highest BCUT2D eigenvalue weighted by molar-refractivity contribution is 6.02. The maximum atomic E-state index is 12.1. The molecule has 100 valence electrons. The summed E-state index contributed by atoms with van der Waals surface area (Å²) in [5, 5.41) is 8.98. The molecule has 3 rings (SSSR count). The Labute approximate surface area is 115 Å². The van der Waals surface area contributed by atoms with E-state index in [1.165, 1.54) is 6.07 Å². The molecule has 20 heavy (non-hydrogen) atoms. The number of hydrogen-bond acceptors (Lipinski definition) is 3. The summed E-state index contributed by atoms with van der Waals surface area (Å²) in [6, 6.07) is 8.52. The van der Waals surface area contributed by atoms with Crippen LogP contribution in [0.2, 0.25) is 0 Å². The number of carboxylic acids is 1. The Balaban J connectivity index is 1.92. The van der Waals surface area contributed by atoms with Crippen LogP contribution >= 0.6 is 0 Å². The topological polar surface area (TPSA) is 70.5 Å². The van der Waals surface area contributed by atoms with Crippen LogP contribution in [-0.4, -0.2) is 22.0 Å². The predicted octanol–water partition coefficient (Wildman–Crippen LogP) is 1.87. The van der Waals surface area contributed by atoms with Crippen molar-refractivity contribution in [3.8, 4) is 0 Å². The molecule has 1 aromatic heterocycles. The maximum absolute atomic E-state index is 12.1. The molecule has 1 amide bonds. The van der Waals surface area contributed by atoms with Crippen molar-refractivity contribution in [2.45, 2.75) is 13.0 Å². The lowest BCUT2D eigenvalue weighted by Crippen LogP contribution is -2.26. The first-order valence-electron chi connectivity index (χ1n) is 6.20. The van der Waals surface area contributed by atoms with Crippen molar-refractivity contribution in [2.24, 2.45) is 0 Å². The molecule has 1 N–H and O–H groups in total. The van der Waals surface area contributed by atoms with Crippen LogP contribution in [0.5, 0.6) is 0 Å². The van der Waals surface area contributed by atoms with Gasteiger partial charge in [-0.05, 0) is 35.4 Å². The van der Waals surface area contributed by atoms with Gasteiger partial charge in [-0.15, -0.1) is 0 Å². The lowest BCUT2D eigenvalue weighted by molar-refractivity contribution is -0.117. The molecule has 0 aliphatic carbocycles. The maximum Gasteiger partial charge on any atom is 0.335 e. The van der Waals surface area contributed by atoms with Crippen molar-refractivity contribution in [3.05, 3.63) is 59.4 Å². The van der Waals surface area contributed by atoms with Crippen LogP contribution in [0, 0.1) is 0 Å². The summed E-state index contributed by atoms with van der Waals surface area (Å²) >= 11 is 0. The molecule has 0 fully saturated rings. The molecule has 2 aromatic rings. The second-order valence-corrected chi connectivity index (χ2v) is 4.67. The highest BCUT2D eigenvalue weighted by Crippen LogP contribution is 2.31. The van der Waals surface area contributed by atoms with E-state index in [2.05, 4.69) is 4.98 Å². The first-order valence-corrected chi connectivity index (χ1v) is 6.20. The average molecular weight is 268 g/mol. The molecule has 0 spiro atoms. The van der Waals surface area contributed by atoms with Crippen LogP contribution in [0.25, 0.3) is 0 Å². The molecule has 0 saturated heterocycles. The van der Waals surface area contributed by atoms with Crippen LogP contribution in [0.1, 0.15) is 21.5 Å². The molecule has 0 radical (unpaired) electrons. The summed E-state index contributed by atoms with van der Waals surface area (Å²) in [6.45, 7) is 0.450. The van der Waals surface area contributed by atoms with Gasteiger partial charge in [-0.25, -0.2) is 4.79 Å². The molecule has 5 heteroatoms. The largest absolute Gasteiger partial charge is 0.478 e. The van der Waals surface area contributed by atoms with E-state index in [-0.39, 0.29) is 17.9 Å². The van der Waals surface area contributed by atoms with Gasteiger partial charge in [0.25, 0.3) is 0 Å². The van der Waals surface area contributed by atoms with E-state index in [1.807, 2.05) is 12.1 Å². The van der Waals surface area contributed by atoms with Crippen LogP contribution in [0.4, 0.5) is 5.69 Å². The first kappa shape index (κ1) is 12.3. The number of rotatable bonds is 3. The van der Waals surface area contributed by atoms with Gasteiger partial charge in [0, 0.05) is 18.1 Å². The Bertz CT molecular complexity index is 683. The number of aromatic carboxylic acids is 1. The smallest absolute Gasteiger partial charge is 0.335 e. The number of carbonyl (C=O) groups excluding carboxylic acids is 1. The Hall–Kier alpha value is -2.69. The minimum absolute atomic E-state index is 0.0219. The highest BCUT2D eigenvalue weighted by Gasteiger charge is 2.27. The van der Waals surface area contributed by atoms with Gasteiger partial charge in [-0.2, -0.15) is 0 Å². The molecule has 5 nitrogen and oxygen atoms in total. The van der Waals surface area contributed by atoms with Crippen LogP contribution in [-0.2, 0) is 17.8 Å². The molecule has 0 saturated carbocycles. The second-order valence-electron chi connectivity index (χ2n) is 4.67. The summed E-state index contributed by atoms with van der Waals surface area (Å²) < 4.78 is 0. The molecule has 0 bridgehead atoms. The Morgan fingerprint density at radius 1 is 1.35 bits per heavy atom. The minimum Gasteiger partial charge on any atom is -0.478 e. The van der Waals surface area contributed by atoms with Crippen molar-refractivity contribution in [1.29, 1.82) is 0 Å². The number of anilines is 1. The molecule has 1 aliphatic heterocycles. The van der Waals surface area contributed by atoms with Crippen molar-refractivity contribution in [3.63, 3.8) is 0 Å². The fourth-order valence-corrected chi connectivity index (χ4v) is 2.36. The summed E-state index contributed by atoms with van der Waals surface area (Å²) in [7, 11) is 0. The van der Waals surface area contributed by atoms with Gasteiger partial charge >= 0.3 is 5.97 Å². The van der Waals surface area contributed by atoms with Crippen LogP contribution < -0.4 is 4.90 Å². The average Bonchev–Trinajstić information content (AvgIpc) is 2.75. The van der Waals surface area contributed by atoms with Crippen LogP contribution in [0.15, 0.2) is 42.7 Å². The zero-order valence-electron chi connectivity index (χ0n) is 10.6. The minimum atomic E-state index is -0.981. The summed E-state index contributed by atoms with van der Waals surface area (Å²) in [6.07, 6.45) is 3.65. The van der Waals surface area contributed by atoms with Gasteiger partial charge in [0.1, 0.15) is 0 Å².